The zero-order chi connectivity index (χ0) is 17.4. The molecule has 0 radical (unpaired) electrons. The number of nitrogens with zero attached hydrogens (tertiary/aromatic N) is 1. The zero-order valence-electron chi connectivity index (χ0n) is 12.7. The highest BCUT2D eigenvalue weighted by atomic mass is 32.2. The average Bonchev–Trinajstić information content (AvgIpc) is 2.83. The van der Waals surface area contributed by atoms with Crippen molar-refractivity contribution in [3.63, 3.8) is 0 Å². The first-order valence-electron chi connectivity index (χ1n) is 6.82. The third kappa shape index (κ3) is 3.79. The van der Waals surface area contributed by atoms with Crippen LogP contribution in [0.5, 0.6) is 0 Å². The van der Waals surface area contributed by atoms with E-state index in [-0.39, 0.29) is 24.2 Å². The maximum absolute atomic E-state index is 14.0. The number of aryl methyl sites for hydroxylation is 1. The van der Waals surface area contributed by atoms with Gasteiger partial charge in [0.25, 0.3) is 5.91 Å². The lowest BCUT2D eigenvalue weighted by Crippen LogP contribution is -2.38. The number of benzene rings is 1. The third-order valence-electron chi connectivity index (χ3n) is 3.67. The van der Waals surface area contributed by atoms with Gasteiger partial charge >= 0.3 is 5.97 Å². The van der Waals surface area contributed by atoms with E-state index in [1.165, 1.54) is 12.1 Å². The Morgan fingerprint density at radius 3 is 2.57 bits per heavy atom. The molecule has 23 heavy (non-hydrogen) atoms. The molecular formula is C14H17FN2O5S. The summed E-state index contributed by atoms with van der Waals surface area (Å²) in [4.78, 5) is 24.4. The molecule has 1 aromatic carbocycles. The molecule has 2 rings (SSSR count). The van der Waals surface area contributed by atoms with Crippen LogP contribution in [0.15, 0.2) is 18.2 Å². The first kappa shape index (κ1) is 17.2. The number of sulfonamides is 1. The van der Waals surface area contributed by atoms with Gasteiger partial charge in [0.05, 0.1) is 18.5 Å². The van der Waals surface area contributed by atoms with Gasteiger partial charge in [0.15, 0.2) is 0 Å². The molecule has 1 fully saturated rings. The predicted octanol–water partition coefficient (Wildman–Crippen LogP) is 1.01. The maximum Gasteiger partial charge on any atom is 0.343 e. The number of anilines is 1. The molecule has 1 saturated heterocycles. The number of aliphatic carboxylic acids is 1. The minimum Gasteiger partial charge on any atom is -0.479 e. The molecule has 1 unspecified atom stereocenters. The van der Waals surface area contributed by atoms with Crippen LogP contribution in [0.1, 0.15) is 22.3 Å². The quantitative estimate of drug-likeness (QED) is 0.848. The molecule has 2 N–H and O–H groups in total. The molecule has 9 heteroatoms. The van der Waals surface area contributed by atoms with Crippen molar-refractivity contribution >= 4 is 27.6 Å². The van der Waals surface area contributed by atoms with Crippen LogP contribution in [0.4, 0.5) is 10.1 Å². The van der Waals surface area contributed by atoms with Crippen LogP contribution >= 0.6 is 0 Å². The lowest BCUT2D eigenvalue weighted by atomic mass is 10.1. The molecule has 0 aromatic heterocycles. The second kappa shape index (κ2) is 5.80. The molecule has 0 bridgehead atoms. The minimum atomic E-state index is -3.50. The number of carbonyl (C=O) groups excluding carboxylic acids is 1. The molecular weight excluding hydrogens is 327 g/mol. The normalized spacial score (nSPS) is 21.3. The van der Waals surface area contributed by atoms with Crippen molar-refractivity contribution in [3.8, 4) is 0 Å². The number of hydrogen-bond acceptors (Lipinski definition) is 4. The number of likely N-dealkylation sites (tertiary alicyclic amines) is 1. The summed E-state index contributed by atoms with van der Waals surface area (Å²) >= 11 is 0. The van der Waals surface area contributed by atoms with E-state index in [0.29, 0.717) is 5.56 Å². The second-order valence-electron chi connectivity index (χ2n) is 5.65. The molecule has 1 amide bonds. The van der Waals surface area contributed by atoms with Gasteiger partial charge in [-0.15, -0.1) is 0 Å². The lowest BCUT2D eigenvalue weighted by Gasteiger charge is -2.18. The third-order valence-corrected chi connectivity index (χ3v) is 4.26. The number of hydrogen-bond donors (Lipinski definition) is 2. The summed E-state index contributed by atoms with van der Waals surface area (Å²) in [6.07, 6.45) is 0.722. The van der Waals surface area contributed by atoms with Crippen LogP contribution < -0.4 is 4.72 Å². The Morgan fingerprint density at radius 2 is 2.04 bits per heavy atom. The summed E-state index contributed by atoms with van der Waals surface area (Å²) in [7, 11) is -3.50. The molecule has 7 nitrogen and oxygen atoms in total. The number of halogens is 1. The van der Waals surface area contributed by atoms with E-state index >= 15 is 0 Å². The second-order valence-corrected chi connectivity index (χ2v) is 7.40. The summed E-state index contributed by atoms with van der Waals surface area (Å²) in [5.74, 6) is -2.13. The predicted molar refractivity (Wildman–Crippen MR) is 81.6 cm³/mol. The summed E-state index contributed by atoms with van der Waals surface area (Å²) < 4.78 is 39.0. The Kier molecular flexibility index (Phi) is 4.34. The Morgan fingerprint density at radius 1 is 1.39 bits per heavy atom. The van der Waals surface area contributed by atoms with Gasteiger partial charge in [0.2, 0.25) is 15.7 Å². The Hall–Kier alpha value is -2.16. The van der Waals surface area contributed by atoms with Crippen LogP contribution in [-0.2, 0) is 14.8 Å². The van der Waals surface area contributed by atoms with Gasteiger partial charge < -0.3 is 10.0 Å². The number of carbonyl (C=O) groups is 2. The Bertz CT molecular complexity index is 764. The number of nitrogens with one attached hydrogen (secondary N) is 1. The van der Waals surface area contributed by atoms with Crippen molar-refractivity contribution in [1.29, 1.82) is 0 Å². The van der Waals surface area contributed by atoms with Gasteiger partial charge in [-0.05, 0) is 24.6 Å². The molecule has 0 aliphatic carbocycles. The molecule has 0 saturated carbocycles. The summed E-state index contributed by atoms with van der Waals surface area (Å²) in [6, 6.07) is 4.42. The maximum atomic E-state index is 14.0. The number of alkyl halides is 1. The fourth-order valence-corrected chi connectivity index (χ4v) is 2.99. The lowest BCUT2D eigenvalue weighted by molar-refractivity contribution is -0.149. The molecule has 1 aliphatic rings. The van der Waals surface area contributed by atoms with Gasteiger partial charge in [-0.2, -0.15) is 0 Å². The summed E-state index contributed by atoms with van der Waals surface area (Å²) in [6.45, 7) is 1.14. The van der Waals surface area contributed by atoms with Crippen LogP contribution in [0.25, 0.3) is 0 Å². The minimum absolute atomic E-state index is 0.00958. The molecule has 1 aromatic rings. The fourth-order valence-electron chi connectivity index (χ4n) is 2.37. The van der Waals surface area contributed by atoms with E-state index in [1.807, 2.05) is 0 Å². The van der Waals surface area contributed by atoms with Gasteiger partial charge in [-0.3, -0.25) is 9.52 Å². The first-order chi connectivity index (χ1) is 10.5. The van der Waals surface area contributed by atoms with Crippen molar-refractivity contribution in [2.45, 2.75) is 19.0 Å². The SMILES string of the molecule is Cc1ccc(C(=O)N2CCC(F)(C(=O)O)C2)cc1NS(C)(=O)=O. The van der Waals surface area contributed by atoms with Crippen LogP contribution in [0, 0.1) is 6.92 Å². The molecule has 1 atom stereocenters. The van der Waals surface area contributed by atoms with E-state index < -0.39 is 34.1 Å². The molecule has 1 heterocycles. The first-order valence-corrected chi connectivity index (χ1v) is 8.71. The largest absolute Gasteiger partial charge is 0.479 e. The summed E-state index contributed by atoms with van der Waals surface area (Å²) in [5, 5.41) is 8.86. The van der Waals surface area contributed by atoms with Gasteiger partial charge in [0, 0.05) is 18.5 Å². The van der Waals surface area contributed by atoms with Crippen LogP contribution in [-0.4, -0.2) is 55.3 Å². The topological polar surface area (TPSA) is 104 Å². The number of rotatable bonds is 4. The molecule has 0 spiro atoms. The van der Waals surface area contributed by atoms with E-state index in [2.05, 4.69) is 4.72 Å². The van der Waals surface area contributed by atoms with E-state index in [0.717, 1.165) is 11.2 Å². The van der Waals surface area contributed by atoms with Crippen molar-refractivity contribution in [1.82, 2.24) is 4.90 Å². The highest BCUT2D eigenvalue weighted by Crippen LogP contribution is 2.28. The van der Waals surface area contributed by atoms with Crippen molar-refractivity contribution < 1.29 is 27.5 Å². The summed E-state index contributed by atoms with van der Waals surface area (Å²) in [5.41, 5.74) is -1.40. The van der Waals surface area contributed by atoms with Crippen LogP contribution in [0.2, 0.25) is 0 Å². The fraction of sp³-hybridized carbons (Fsp3) is 0.429. The Labute approximate surface area is 133 Å². The van der Waals surface area contributed by atoms with Crippen molar-refractivity contribution in [3.05, 3.63) is 29.3 Å². The van der Waals surface area contributed by atoms with Gasteiger partial charge in [0.1, 0.15) is 0 Å². The molecule has 1 aliphatic heterocycles. The highest BCUT2D eigenvalue weighted by Gasteiger charge is 2.47. The smallest absolute Gasteiger partial charge is 0.343 e. The standard InChI is InChI=1S/C14H17FN2O5S/c1-9-3-4-10(7-11(9)16-23(2,21)22)12(18)17-6-5-14(15,8-17)13(19)20/h3-4,7,16H,5-6,8H2,1-2H3,(H,19,20). The van der Waals surface area contributed by atoms with E-state index in [1.54, 1.807) is 13.0 Å². The number of amides is 1. The van der Waals surface area contributed by atoms with E-state index in [9.17, 15) is 22.4 Å². The van der Waals surface area contributed by atoms with Crippen molar-refractivity contribution in [2.24, 2.45) is 0 Å². The van der Waals surface area contributed by atoms with E-state index in [4.69, 9.17) is 5.11 Å². The van der Waals surface area contributed by atoms with Gasteiger partial charge in [-0.1, -0.05) is 6.07 Å². The highest BCUT2D eigenvalue weighted by molar-refractivity contribution is 7.92. The number of carboxylic acids is 1. The zero-order valence-corrected chi connectivity index (χ0v) is 13.5. The van der Waals surface area contributed by atoms with Crippen molar-refractivity contribution in [2.75, 3.05) is 24.1 Å². The number of carboxylic acid groups (broad SMARTS) is 1. The monoisotopic (exact) mass is 344 g/mol. The van der Waals surface area contributed by atoms with Gasteiger partial charge in [-0.25, -0.2) is 17.6 Å². The molecule has 126 valence electrons. The van der Waals surface area contributed by atoms with Crippen LogP contribution in [0.3, 0.4) is 0 Å². The Balaban J connectivity index is 2.24. The average molecular weight is 344 g/mol.